The zero-order chi connectivity index (χ0) is 19.4. The van der Waals surface area contributed by atoms with Gasteiger partial charge in [-0.15, -0.1) is 0 Å². The third-order valence-corrected chi connectivity index (χ3v) is 4.44. The Morgan fingerprint density at radius 2 is 1.81 bits per heavy atom. The number of anilines is 1. The third-order valence-electron chi connectivity index (χ3n) is 4.03. The minimum atomic E-state index is -0.939. The van der Waals surface area contributed by atoms with Gasteiger partial charge in [0.05, 0.1) is 6.21 Å². The number of halogens is 1. The highest BCUT2D eigenvalue weighted by Crippen LogP contribution is 2.25. The number of rotatable bonds is 3. The molecule has 0 radical (unpaired) electrons. The van der Waals surface area contributed by atoms with E-state index in [4.69, 9.17) is 11.6 Å². The zero-order valence-electron chi connectivity index (χ0n) is 14.4. The number of benzene rings is 3. The number of amides is 2. The summed E-state index contributed by atoms with van der Waals surface area (Å²) in [5, 5.41) is 18.5. The van der Waals surface area contributed by atoms with E-state index in [-0.39, 0.29) is 5.75 Å². The lowest BCUT2D eigenvalue weighted by atomic mass is 10.0. The topological polar surface area (TPSA) is 90.8 Å². The Morgan fingerprint density at radius 1 is 1.04 bits per heavy atom. The van der Waals surface area contributed by atoms with Crippen molar-refractivity contribution >= 4 is 46.1 Å². The van der Waals surface area contributed by atoms with Crippen LogP contribution in [0.15, 0.2) is 59.7 Å². The van der Waals surface area contributed by atoms with Gasteiger partial charge in [0.1, 0.15) is 5.75 Å². The Kier molecular flexibility index (Phi) is 5.38. The number of carbonyl (C=O) groups is 2. The van der Waals surface area contributed by atoms with Crippen LogP contribution >= 0.6 is 11.6 Å². The van der Waals surface area contributed by atoms with Crippen LogP contribution in [-0.4, -0.2) is 23.1 Å². The molecule has 0 bridgehead atoms. The number of phenols is 1. The Labute approximate surface area is 160 Å². The highest BCUT2D eigenvalue weighted by molar-refractivity contribution is 6.40. The molecule has 0 aliphatic heterocycles. The first-order chi connectivity index (χ1) is 13.0. The smallest absolute Gasteiger partial charge is 0.329 e. The molecule has 0 heterocycles. The maximum absolute atomic E-state index is 12.0. The van der Waals surface area contributed by atoms with E-state index in [0.717, 1.165) is 10.8 Å². The predicted molar refractivity (Wildman–Crippen MR) is 106 cm³/mol. The average Bonchev–Trinajstić information content (AvgIpc) is 2.67. The van der Waals surface area contributed by atoms with Crippen LogP contribution in [0.25, 0.3) is 10.8 Å². The lowest BCUT2D eigenvalue weighted by Crippen LogP contribution is -2.32. The Morgan fingerprint density at radius 3 is 2.63 bits per heavy atom. The van der Waals surface area contributed by atoms with Crippen molar-refractivity contribution in [1.82, 2.24) is 5.43 Å². The first-order valence-electron chi connectivity index (χ1n) is 8.07. The van der Waals surface area contributed by atoms with Gasteiger partial charge in [-0.2, -0.15) is 5.10 Å². The monoisotopic (exact) mass is 381 g/mol. The van der Waals surface area contributed by atoms with Crippen LogP contribution in [0.1, 0.15) is 11.1 Å². The van der Waals surface area contributed by atoms with Gasteiger partial charge >= 0.3 is 11.8 Å². The molecule has 3 N–H and O–H groups in total. The molecule has 3 rings (SSSR count). The number of nitrogens with one attached hydrogen (secondary N) is 2. The van der Waals surface area contributed by atoms with Crippen molar-refractivity contribution < 1.29 is 14.7 Å². The standard InChI is InChI=1S/C20H16ClN3O3/c1-12-16(21)7-4-8-17(12)23-19(26)20(27)24-22-11-15-14-6-3-2-5-13(14)9-10-18(15)25/h2-11,25H,1H3,(H,23,26)(H,24,27)/b22-11-. The second-order valence-electron chi connectivity index (χ2n) is 5.79. The molecule has 3 aromatic rings. The van der Waals surface area contributed by atoms with Gasteiger partial charge in [-0.1, -0.05) is 48.0 Å². The quantitative estimate of drug-likeness (QED) is 0.368. The molecule has 0 aromatic heterocycles. The number of nitrogens with zero attached hydrogens (tertiary/aromatic N) is 1. The summed E-state index contributed by atoms with van der Waals surface area (Å²) in [6.45, 7) is 1.73. The van der Waals surface area contributed by atoms with Crippen molar-refractivity contribution in [2.24, 2.45) is 5.10 Å². The molecule has 0 unspecified atom stereocenters. The van der Waals surface area contributed by atoms with E-state index < -0.39 is 11.8 Å². The minimum Gasteiger partial charge on any atom is -0.507 e. The van der Waals surface area contributed by atoms with Gasteiger partial charge in [-0.05, 0) is 41.5 Å². The van der Waals surface area contributed by atoms with Gasteiger partial charge in [0.2, 0.25) is 0 Å². The SMILES string of the molecule is Cc1c(Cl)cccc1NC(=O)C(=O)N/N=C\c1c(O)ccc2ccccc12. The Bertz CT molecular complexity index is 1060. The summed E-state index contributed by atoms with van der Waals surface area (Å²) >= 11 is 5.99. The molecular weight excluding hydrogens is 366 g/mol. The molecule has 6 nitrogen and oxygen atoms in total. The summed E-state index contributed by atoms with van der Waals surface area (Å²) in [7, 11) is 0. The van der Waals surface area contributed by atoms with Gasteiger partial charge in [0.15, 0.2) is 0 Å². The summed E-state index contributed by atoms with van der Waals surface area (Å²) in [6, 6.07) is 15.8. The third kappa shape index (κ3) is 4.07. The fraction of sp³-hybridized carbons (Fsp3) is 0.0500. The van der Waals surface area contributed by atoms with E-state index in [0.29, 0.717) is 21.8 Å². The molecule has 2 amide bonds. The van der Waals surface area contributed by atoms with Crippen molar-refractivity contribution in [3.63, 3.8) is 0 Å². The van der Waals surface area contributed by atoms with E-state index >= 15 is 0 Å². The lowest BCUT2D eigenvalue weighted by Gasteiger charge is -2.08. The van der Waals surface area contributed by atoms with Crippen molar-refractivity contribution in [3.05, 3.63) is 70.7 Å². The molecule has 27 heavy (non-hydrogen) atoms. The fourth-order valence-corrected chi connectivity index (χ4v) is 2.72. The maximum atomic E-state index is 12.0. The van der Waals surface area contributed by atoms with Crippen molar-refractivity contribution in [2.45, 2.75) is 6.92 Å². The van der Waals surface area contributed by atoms with Gasteiger partial charge in [0.25, 0.3) is 0 Å². The van der Waals surface area contributed by atoms with E-state index in [1.54, 1.807) is 37.3 Å². The first-order valence-corrected chi connectivity index (χ1v) is 8.45. The molecule has 0 saturated heterocycles. The number of fused-ring (bicyclic) bond motifs is 1. The second kappa shape index (κ2) is 7.88. The van der Waals surface area contributed by atoms with Crippen molar-refractivity contribution in [2.75, 3.05) is 5.32 Å². The van der Waals surface area contributed by atoms with Crippen LogP contribution in [0.4, 0.5) is 5.69 Å². The average molecular weight is 382 g/mol. The molecule has 136 valence electrons. The van der Waals surface area contributed by atoms with E-state index in [1.165, 1.54) is 6.21 Å². The van der Waals surface area contributed by atoms with Crippen LogP contribution in [0.3, 0.4) is 0 Å². The highest BCUT2D eigenvalue weighted by atomic mass is 35.5. The molecule has 0 aliphatic rings. The molecular formula is C20H16ClN3O3. The number of hydrogen-bond acceptors (Lipinski definition) is 4. The zero-order valence-corrected chi connectivity index (χ0v) is 15.1. The van der Waals surface area contributed by atoms with Crippen LogP contribution in [0.5, 0.6) is 5.75 Å². The number of phenolic OH excluding ortho intramolecular Hbond substituents is 1. The number of hydrogen-bond donors (Lipinski definition) is 3. The minimum absolute atomic E-state index is 0.0192. The number of hydrazone groups is 1. The van der Waals surface area contributed by atoms with E-state index in [1.807, 2.05) is 24.3 Å². The fourth-order valence-electron chi connectivity index (χ4n) is 2.55. The Balaban J connectivity index is 1.71. The molecule has 0 aliphatic carbocycles. The van der Waals surface area contributed by atoms with Gasteiger partial charge < -0.3 is 10.4 Å². The molecule has 0 saturated carbocycles. The van der Waals surface area contributed by atoms with Crippen molar-refractivity contribution in [3.8, 4) is 5.75 Å². The number of carbonyl (C=O) groups excluding carboxylic acids is 2. The lowest BCUT2D eigenvalue weighted by molar-refractivity contribution is -0.136. The summed E-state index contributed by atoms with van der Waals surface area (Å²) in [5.74, 6) is -1.80. The van der Waals surface area contributed by atoms with Crippen LogP contribution in [0.2, 0.25) is 5.02 Å². The molecule has 0 atom stereocenters. The van der Waals surface area contributed by atoms with E-state index in [2.05, 4.69) is 15.8 Å². The van der Waals surface area contributed by atoms with Crippen LogP contribution in [-0.2, 0) is 9.59 Å². The maximum Gasteiger partial charge on any atom is 0.329 e. The summed E-state index contributed by atoms with van der Waals surface area (Å²) < 4.78 is 0. The number of aromatic hydroxyl groups is 1. The van der Waals surface area contributed by atoms with Crippen molar-refractivity contribution in [1.29, 1.82) is 0 Å². The Hall–Kier alpha value is -3.38. The normalized spacial score (nSPS) is 10.9. The second-order valence-corrected chi connectivity index (χ2v) is 6.19. The predicted octanol–water partition coefficient (Wildman–Crippen LogP) is 3.60. The molecule has 7 heteroatoms. The van der Waals surface area contributed by atoms with Gasteiger partial charge in [-0.25, -0.2) is 5.43 Å². The van der Waals surface area contributed by atoms with Crippen LogP contribution in [0, 0.1) is 6.92 Å². The van der Waals surface area contributed by atoms with E-state index in [9.17, 15) is 14.7 Å². The summed E-state index contributed by atoms with van der Waals surface area (Å²) in [4.78, 5) is 24.0. The summed E-state index contributed by atoms with van der Waals surface area (Å²) in [5.41, 5.74) is 3.70. The van der Waals surface area contributed by atoms with Gasteiger partial charge in [0, 0.05) is 16.3 Å². The molecule has 0 fully saturated rings. The largest absolute Gasteiger partial charge is 0.507 e. The van der Waals surface area contributed by atoms with Crippen LogP contribution < -0.4 is 10.7 Å². The molecule has 0 spiro atoms. The molecule has 3 aromatic carbocycles. The van der Waals surface area contributed by atoms with Gasteiger partial charge in [-0.3, -0.25) is 9.59 Å². The summed E-state index contributed by atoms with van der Waals surface area (Å²) in [6.07, 6.45) is 1.30. The first kappa shape index (κ1) is 18.4. The highest BCUT2D eigenvalue weighted by Gasteiger charge is 2.14.